The number of rotatable bonds is 4. The Balaban J connectivity index is 1.84. The monoisotopic (exact) mass is 290 g/mol. The van der Waals surface area contributed by atoms with Crippen molar-refractivity contribution in [1.29, 1.82) is 0 Å². The van der Waals surface area contributed by atoms with Gasteiger partial charge in [0.05, 0.1) is 16.3 Å². The van der Waals surface area contributed by atoms with Crippen LogP contribution in [0.15, 0.2) is 29.6 Å². The minimum absolute atomic E-state index is 0.0395. The first-order valence-electron chi connectivity index (χ1n) is 5.89. The zero-order valence-electron chi connectivity index (χ0n) is 10.3. The van der Waals surface area contributed by atoms with E-state index in [4.69, 9.17) is 5.73 Å². The predicted molar refractivity (Wildman–Crippen MR) is 80.6 cm³/mol. The lowest BCUT2D eigenvalue weighted by Crippen LogP contribution is -2.24. The molecule has 0 atom stereocenters. The van der Waals surface area contributed by atoms with E-state index in [9.17, 15) is 4.79 Å². The summed E-state index contributed by atoms with van der Waals surface area (Å²) in [4.78, 5) is 14.7. The van der Waals surface area contributed by atoms with Crippen molar-refractivity contribution in [3.8, 4) is 11.8 Å². The molecule has 0 spiro atoms. The van der Waals surface area contributed by atoms with E-state index in [1.165, 1.54) is 16.2 Å². The Morgan fingerprint density at radius 1 is 1.37 bits per heavy atom. The van der Waals surface area contributed by atoms with Crippen molar-refractivity contribution in [3.05, 3.63) is 44.3 Å². The van der Waals surface area contributed by atoms with Gasteiger partial charge in [-0.15, -0.1) is 22.7 Å². The van der Waals surface area contributed by atoms with Crippen molar-refractivity contribution in [3.63, 3.8) is 0 Å². The molecule has 3 nitrogen and oxygen atoms in total. The van der Waals surface area contributed by atoms with Crippen LogP contribution in [0.1, 0.15) is 19.4 Å². The van der Waals surface area contributed by atoms with Gasteiger partial charge in [0.25, 0.3) is 5.91 Å². The third-order valence-electron chi connectivity index (χ3n) is 2.38. The van der Waals surface area contributed by atoms with Gasteiger partial charge in [-0.05, 0) is 30.0 Å². The third kappa shape index (κ3) is 4.21. The molecule has 0 aliphatic carbocycles. The minimum Gasteiger partial charge on any atom is -0.351 e. The van der Waals surface area contributed by atoms with Crippen LogP contribution in [0.25, 0.3) is 0 Å². The van der Waals surface area contributed by atoms with Crippen LogP contribution in [0, 0.1) is 11.8 Å². The molecule has 1 amide bonds. The Labute approximate surface area is 120 Å². The van der Waals surface area contributed by atoms with E-state index in [1.807, 2.05) is 17.5 Å². The van der Waals surface area contributed by atoms with Crippen LogP contribution in [-0.2, 0) is 6.42 Å². The molecule has 0 aliphatic rings. The highest BCUT2D eigenvalue weighted by atomic mass is 32.1. The fourth-order valence-electron chi connectivity index (χ4n) is 1.51. The van der Waals surface area contributed by atoms with Gasteiger partial charge >= 0.3 is 0 Å². The Morgan fingerprint density at radius 3 is 3.00 bits per heavy atom. The van der Waals surface area contributed by atoms with Crippen molar-refractivity contribution in [2.24, 2.45) is 5.73 Å². The molecular formula is C14H14N2OS2. The second kappa shape index (κ2) is 7.10. The van der Waals surface area contributed by atoms with Crippen LogP contribution in [0.5, 0.6) is 0 Å². The van der Waals surface area contributed by atoms with Gasteiger partial charge in [-0.2, -0.15) is 0 Å². The maximum atomic E-state index is 11.9. The summed E-state index contributed by atoms with van der Waals surface area (Å²) in [7, 11) is 0. The normalized spacial score (nSPS) is 9.74. The van der Waals surface area contributed by atoms with Gasteiger partial charge in [0.15, 0.2) is 0 Å². The quantitative estimate of drug-likeness (QED) is 0.847. The molecule has 19 heavy (non-hydrogen) atoms. The largest absolute Gasteiger partial charge is 0.351 e. The Kier molecular flexibility index (Phi) is 5.16. The zero-order chi connectivity index (χ0) is 13.5. The fraction of sp³-hybridized carbons (Fsp3) is 0.214. The molecule has 2 rings (SSSR count). The minimum atomic E-state index is -0.0395. The SMILES string of the molecule is NCC#Cc1ccc(C(=O)NCCc2cccs2)s1. The first kappa shape index (κ1) is 13.8. The number of hydrogen-bond acceptors (Lipinski definition) is 4. The number of nitrogens with one attached hydrogen (secondary N) is 1. The summed E-state index contributed by atoms with van der Waals surface area (Å²) >= 11 is 3.10. The van der Waals surface area contributed by atoms with Crippen LogP contribution >= 0.6 is 22.7 Å². The van der Waals surface area contributed by atoms with Crippen LogP contribution in [0.2, 0.25) is 0 Å². The lowest BCUT2D eigenvalue weighted by Gasteiger charge is -2.01. The van der Waals surface area contributed by atoms with E-state index in [0.29, 0.717) is 18.0 Å². The summed E-state index contributed by atoms with van der Waals surface area (Å²) in [6.07, 6.45) is 0.870. The number of amides is 1. The Hall–Kier alpha value is -1.61. The van der Waals surface area contributed by atoms with Gasteiger partial charge in [0.1, 0.15) is 0 Å². The van der Waals surface area contributed by atoms with Gasteiger partial charge in [0.2, 0.25) is 0 Å². The molecule has 0 bridgehead atoms. The van der Waals surface area contributed by atoms with Crippen molar-refractivity contribution in [1.82, 2.24) is 5.32 Å². The average molecular weight is 290 g/mol. The molecule has 0 aliphatic heterocycles. The van der Waals surface area contributed by atoms with E-state index >= 15 is 0 Å². The molecule has 0 radical (unpaired) electrons. The summed E-state index contributed by atoms with van der Waals surface area (Å²) < 4.78 is 0. The summed E-state index contributed by atoms with van der Waals surface area (Å²) in [5, 5.41) is 4.95. The highest BCUT2D eigenvalue weighted by molar-refractivity contribution is 7.14. The lowest BCUT2D eigenvalue weighted by atomic mass is 10.3. The Bertz CT molecular complexity index is 590. The second-order valence-electron chi connectivity index (χ2n) is 3.76. The molecule has 0 saturated carbocycles. The smallest absolute Gasteiger partial charge is 0.261 e. The summed E-state index contributed by atoms with van der Waals surface area (Å²) in [5.41, 5.74) is 5.31. The maximum absolute atomic E-state index is 11.9. The summed E-state index contributed by atoms with van der Waals surface area (Å²) in [6, 6.07) is 7.74. The van der Waals surface area contributed by atoms with Crippen LogP contribution in [0.4, 0.5) is 0 Å². The number of nitrogens with two attached hydrogens (primary N) is 1. The number of hydrogen-bond donors (Lipinski definition) is 2. The van der Waals surface area contributed by atoms with Gasteiger partial charge in [-0.25, -0.2) is 0 Å². The molecule has 0 aromatic carbocycles. The fourth-order valence-corrected chi connectivity index (χ4v) is 3.01. The van der Waals surface area contributed by atoms with E-state index < -0.39 is 0 Å². The third-order valence-corrected chi connectivity index (χ3v) is 4.32. The molecule has 2 aromatic rings. The first-order chi connectivity index (χ1) is 9.29. The van der Waals surface area contributed by atoms with Crippen LogP contribution in [-0.4, -0.2) is 19.0 Å². The van der Waals surface area contributed by atoms with E-state index in [2.05, 4.69) is 23.2 Å². The topological polar surface area (TPSA) is 55.1 Å². The standard InChI is InChI=1S/C14H14N2OS2/c15-8-1-3-12-5-6-13(19-12)14(17)16-9-7-11-4-2-10-18-11/h2,4-6,10H,7-9,15H2,(H,16,17). The Morgan fingerprint density at radius 2 is 2.26 bits per heavy atom. The van der Waals surface area contributed by atoms with Gasteiger partial charge in [-0.1, -0.05) is 17.9 Å². The molecule has 2 heterocycles. The van der Waals surface area contributed by atoms with E-state index in [-0.39, 0.29) is 5.91 Å². The molecule has 0 saturated heterocycles. The van der Waals surface area contributed by atoms with Crippen LogP contribution < -0.4 is 11.1 Å². The molecule has 0 unspecified atom stereocenters. The van der Waals surface area contributed by atoms with Gasteiger partial charge in [-0.3, -0.25) is 4.79 Å². The molecular weight excluding hydrogens is 276 g/mol. The highest BCUT2D eigenvalue weighted by Gasteiger charge is 2.07. The van der Waals surface area contributed by atoms with E-state index in [0.717, 1.165) is 11.3 Å². The molecule has 98 valence electrons. The lowest BCUT2D eigenvalue weighted by molar-refractivity contribution is 0.0958. The molecule has 0 fully saturated rings. The van der Waals surface area contributed by atoms with Crippen molar-refractivity contribution in [2.75, 3.05) is 13.1 Å². The maximum Gasteiger partial charge on any atom is 0.261 e. The van der Waals surface area contributed by atoms with Crippen LogP contribution in [0.3, 0.4) is 0 Å². The number of thiophene rings is 2. The first-order valence-corrected chi connectivity index (χ1v) is 7.58. The zero-order valence-corrected chi connectivity index (χ0v) is 11.9. The molecule has 5 heteroatoms. The number of carbonyl (C=O) groups excluding carboxylic acids is 1. The predicted octanol–water partition coefficient (Wildman–Crippen LogP) is 2.09. The summed E-state index contributed by atoms with van der Waals surface area (Å²) in [5.74, 6) is 5.66. The summed E-state index contributed by atoms with van der Waals surface area (Å²) in [6.45, 7) is 0.987. The van der Waals surface area contributed by atoms with Gasteiger partial charge in [0, 0.05) is 11.4 Å². The highest BCUT2D eigenvalue weighted by Crippen LogP contribution is 2.15. The van der Waals surface area contributed by atoms with Crippen molar-refractivity contribution < 1.29 is 4.79 Å². The number of carbonyl (C=O) groups is 1. The van der Waals surface area contributed by atoms with E-state index in [1.54, 1.807) is 17.4 Å². The van der Waals surface area contributed by atoms with Crippen molar-refractivity contribution >= 4 is 28.6 Å². The molecule has 2 aromatic heterocycles. The van der Waals surface area contributed by atoms with Gasteiger partial charge < -0.3 is 11.1 Å². The second-order valence-corrected chi connectivity index (χ2v) is 5.87. The average Bonchev–Trinajstić information content (AvgIpc) is 3.07. The van der Waals surface area contributed by atoms with Crippen molar-refractivity contribution in [2.45, 2.75) is 6.42 Å². The molecule has 3 N–H and O–H groups in total.